The summed E-state index contributed by atoms with van der Waals surface area (Å²) in [5, 5.41) is 2.85. The second-order valence-corrected chi connectivity index (χ2v) is 5.50. The minimum atomic E-state index is -0.469. The van der Waals surface area contributed by atoms with Crippen molar-refractivity contribution in [2.45, 2.75) is 32.9 Å². The van der Waals surface area contributed by atoms with Crippen LogP contribution in [0.5, 0.6) is 5.75 Å². The van der Waals surface area contributed by atoms with Crippen LogP contribution in [0.3, 0.4) is 0 Å². The van der Waals surface area contributed by atoms with Crippen LogP contribution >= 0.6 is 28.3 Å². The second kappa shape index (κ2) is 9.21. The van der Waals surface area contributed by atoms with Gasteiger partial charge in [-0.25, -0.2) is 0 Å². The first-order chi connectivity index (χ1) is 8.99. The zero-order chi connectivity index (χ0) is 14.4. The molecule has 0 saturated heterocycles. The standard InChI is InChI=1S/C14H21BrN2O2.ClH/c1-4-9(2)13(16)14(18)17-8-10-7-11(15)5-6-12(10)19-3;/h5-7,9,13H,4,8,16H2,1-3H3,(H,17,18);1H. The molecule has 1 aromatic rings. The summed E-state index contributed by atoms with van der Waals surface area (Å²) in [5.74, 6) is 0.793. The molecule has 3 N–H and O–H groups in total. The highest BCUT2D eigenvalue weighted by molar-refractivity contribution is 9.10. The lowest BCUT2D eigenvalue weighted by molar-refractivity contribution is -0.123. The summed E-state index contributed by atoms with van der Waals surface area (Å²) < 4.78 is 6.21. The number of nitrogens with one attached hydrogen (secondary N) is 1. The first-order valence-electron chi connectivity index (χ1n) is 6.35. The van der Waals surface area contributed by atoms with E-state index in [1.807, 2.05) is 32.0 Å². The van der Waals surface area contributed by atoms with Gasteiger partial charge in [0.1, 0.15) is 5.75 Å². The van der Waals surface area contributed by atoms with Gasteiger partial charge in [0.25, 0.3) is 0 Å². The Morgan fingerprint density at radius 3 is 2.70 bits per heavy atom. The molecular weight excluding hydrogens is 344 g/mol. The van der Waals surface area contributed by atoms with Gasteiger partial charge in [-0.05, 0) is 24.1 Å². The fraction of sp³-hybridized carbons (Fsp3) is 0.500. The Labute approximate surface area is 135 Å². The van der Waals surface area contributed by atoms with E-state index in [-0.39, 0.29) is 24.2 Å². The lowest BCUT2D eigenvalue weighted by atomic mass is 9.99. The van der Waals surface area contributed by atoms with Crippen molar-refractivity contribution >= 4 is 34.2 Å². The number of nitrogens with two attached hydrogens (primary N) is 1. The lowest BCUT2D eigenvalue weighted by Crippen LogP contribution is -2.44. The number of hydrogen-bond donors (Lipinski definition) is 2. The number of halogens is 2. The first-order valence-corrected chi connectivity index (χ1v) is 7.14. The molecule has 2 atom stereocenters. The molecule has 0 aromatic heterocycles. The summed E-state index contributed by atoms with van der Waals surface area (Å²) in [6.45, 7) is 4.41. The predicted molar refractivity (Wildman–Crippen MR) is 87.2 cm³/mol. The molecule has 1 aromatic carbocycles. The molecule has 0 saturated carbocycles. The van der Waals surface area contributed by atoms with Crippen LogP contribution in [0.25, 0.3) is 0 Å². The third kappa shape index (κ3) is 5.31. The average molecular weight is 366 g/mol. The summed E-state index contributed by atoms with van der Waals surface area (Å²) in [7, 11) is 1.61. The second-order valence-electron chi connectivity index (χ2n) is 4.59. The van der Waals surface area contributed by atoms with Crippen LogP contribution in [0.15, 0.2) is 22.7 Å². The number of hydrogen-bond acceptors (Lipinski definition) is 3. The predicted octanol–water partition coefficient (Wildman–Crippen LogP) is 2.87. The zero-order valence-corrected chi connectivity index (χ0v) is 14.4. The molecule has 0 bridgehead atoms. The van der Waals surface area contributed by atoms with Gasteiger partial charge in [-0.2, -0.15) is 0 Å². The molecule has 0 heterocycles. The van der Waals surface area contributed by atoms with E-state index in [2.05, 4.69) is 21.2 Å². The first kappa shape index (κ1) is 19.2. The number of methoxy groups -OCH3 is 1. The molecule has 0 fully saturated rings. The van der Waals surface area contributed by atoms with Gasteiger partial charge in [-0.1, -0.05) is 36.2 Å². The normalized spacial score (nSPS) is 13.1. The SMILES string of the molecule is CCC(C)C(N)C(=O)NCc1cc(Br)ccc1OC.Cl. The third-order valence-electron chi connectivity index (χ3n) is 3.26. The van der Waals surface area contributed by atoms with Gasteiger partial charge in [-0.3, -0.25) is 4.79 Å². The van der Waals surface area contributed by atoms with Crippen molar-refractivity contribution in [3.63, 3.8) is 0 Å². The quantitative estimate of drug-likeness (QED) is 0.814. The molecule has 1 rings (SSSR count). The molecule has 1 amide bonds. The van der Waals surface area contributed by atoms with Crippen LogP contribution in [0.2, 0.25) is 0 Å². The van der Waals surface area contributed by atoms with Gasteiger partial charge in [-0.15, -0.1) is 12.4 Å². The molecule has 6 heteroatoms. The van der Waals surface area contributed by atoms with Crippen molar-refractivity contribution in [2.24, 2.45) is 11.7 Å². The van der Waals surface area contributed by atoms with E-state index >= 15 is 0 Å². The third-order valence-corrected chi connectivity index (χ3v) is 3.75. The molecule has 4 nitrogen and oxygen atoms in total. The molecule has 0 radical (unpaired) electrons. The number of rotatable bonds is 6. The van der Waals surface area contributed by atoms with Gasteiger partial charge < -0.3 is 15.8 Å². The minimum Gasteiger partial charge on any atom is -0.496 e. The number of amides is 1. The molecule has 0 aliphatic rings. The van der Waals surface area contributed by atoms with Gasteiger partial charge in [0, 0.05) is 16.6 Å². The summed E-state index contributed by atoms with van der Waals surface area (Å²) >= 11 is 3.40. The monoisotopic (exact) mass is 364 g/mol. The van der Waals surface area contributed by atoms with Gasteiger partial charge in [0.2, 0.25) is 5.91 Å². The zero-order valence-electron chi connectivity index (χ0n) is 12.0. The topological polar surface area (TPSA) is 64.4 Å². The summed E-state index contributed by atoms with van der Waals surface area (Å²) in [4.78, 5) is 11.9. The van der Waals surface area contributed by atoms with E-state index in [4.69, 9.17) is 10.5 Å². The Morgan fingerprint density at radius 1 is 1.50 bits per heavy atom. The Bertz CT molecular complexity index is 443. The fourth-order valence-electron chi connectivity index (χ4n) is 1.70. The highest BCUT2D eigenvalue weighted by Crippen LogP contribution is 2.22. The van der Waals surface area contributed by atoms with Crippen molar-refractivity contribution in [3.8, 4) is 5.75 Å². The lowest BCUT2D eigenvalue weighted by Gasteiger charge is -2.18. The molecule has 2 unspecified atom stereocenters. The van der Waals surface area contributed by atoms with Crippen molar-refractivity contribution in [2.75, 3.05) is 7.11 Å². The molecule has 20 heavy (non-hydrogen) atoms. The van der Waals surface area contributed by atoms with Gasteiger partial charge in [0.05, 0.1) is 13.2 Å². The van der Waals surface area contributed by atoms with E-state index in [1.54, 1.807) is 7.11 Å². The Morgan fingerprint density at radius 2 is 2.15 bits per heavy atom. The van der Waals surface area contributed by atoms with E-state index < -0.39 is 6.04 Å². The maximum Gasteiger partial charge on any atom is 0.237 e. The number of ether oxygens (including phenoxy) is 1. The molecule has 0 spiro atoms. The summed E-state index contributed by atoms with van der Waals surface area (Å²) in [6.07, 6.45) is 0.884. The summed E-state index contributed by atoms with van der Waals surface area (Å²) in [5.41, 5.74) is 6.80. The van der Waals surface area contributed by atoms with Crippen molar-refractivity contribution < 1.29 is 9.53 Å². The molecule has 0 aliphatic carbocycles. The van der Waals surface area contributed by atoms with Crippen LogP contribution < -0.4 is 15.8 Å². The number of carbonyl (C=O) groups excluding carboxylic acids is 1. The Hall–Kier alpha value is -0.780. The fourth-order valence-corrected chi connectivity index (χ4v) is 2.11. The van der Waals surface area contributed by atoms with Crippen molar-refractivity contribution in [1.82, 2.24) is 5.32 Å². The van der Waals surface area contributed by atoms with Gasteiger partial charge in [0.15, 0.2) is 0 Å². The van der Waals surface area contributed by atoms with E-state index in [1.165, 1.54) is 0 Å². The maximum absolute atomic E-state index is 11.9. The van der Waals surface area contributed by atoms with Crippen molar-refractivity contribution in [1.29, 1.82) is 0 Å². The maximum atomic E-state index is 11.9. The van der Waals surface area contributed by atoms with Crippen LogP contribution in [0.4, 0.5) is 0 Å². The highest BCUT2D eigenvalue weighted by Gasteiger charge is 2.19. The molecule has 114 valence electrons. The Kier molecular flexibility index (Phi) is 8.85. The van der Waals surface area contributed by atoms with Crippen LogP contribution in [0, 0.1) is 5.92 Å². The smallest absolute Gasteiger partial charge is 0.237 e. The van der Waals surface area contributed by atoms with Crippen LogP contribution in [-0.2, 0) is 11.3 Å². The van der Waals surface area contributed by atoms with Crippen molar-refractivity contribution in [3.05, 3.63) is 28.2 Å². The summed E-state index contributed by atoms with van der Waals surface area (Å²) in [6, 6.07) is 5.21. The minimum absolute atomic E-state index is 0. The van der Waals surface area contributed by atoms with E-state index in [9.17, 15) is 4.79 Å². The Balaban J connectivity index is 0.00000361. The van der Waals surface area contributed by atoms with Crippen LogP contribution in [0.1, 0.15) is 25.8 Å². The molecule has 0 aliphatic heterocycles. The number of benzene rings is 1. The van der Waals surface area contributed by atoms with E-state index in [0.717, 1.165) is 22.2 Å². The number of carbonyl (C=O) groups is 1. The van der Waals surface area contributed by atoms with Crippen LogP contribution in [-0.4, -0.2) is 19.1 Å². The van der Waals surface area contributed by atoms with Gasteiger partial charge >= 0.3 is 0 Å². The largest absolute Gasteiger partial charge is 0.496 e. The highest BCUT2D eigenvalue weighted by atomic mass is 79.9. The van der Waals surface area contributed by atoms with E-state index in [0.29, 0.717) is 6.54 Å². The molecular formula is C14H22BrClN2O2. The average Bonchev–Trinajstić information content (AvgIpc) is 2.43.